The fourth-order valence-electron chi connectivity index (χ4n) is 1.71. The number of thiazole rings is 1. The molecule has 1 heterocycles. The second kappa shape index (κ2) is 6.24. The van der Waals surface area contributed by atoms with Crippen LogP contribution in [-0.2, 0) is 16.3 Å². The van der Waals surface area contributed by atoms with Crippen molar-refractivity contribution in [1.82, 2.24) is 4.98 Å². The average molecular weight is 315 g/mol. The van der Waals surface area contributed by atoms with Gasteiger partial charge in [0.05, 0.1) is 21.0 Å². The average Bonchev–Trinajstić information content (AvgIpc) is 2.68. The predicted molar refractivity (Wildman–Crippen MR) is 85.0 cm³/mol. The molecule has 0 aliphatic carbocycles. The van der Waals surface area contributed by atoms with E-state index in [1.165, 1.54) is 11.0 Å². The summed E-state index contributed by atoms with van der Waals surface area (Å²) in [5.41, 5.74) is 1.05. The fourth-order valence-corrected chi connectivity index (χ4v) is 5.19. The molecule has 1 aromatic heterocycles. The Morgan fingerprint density at radius 3 is 2.79 bits per heavy atom. The van der Waals surface area contributed by atoms with Crippen LogP contribution in [0.25, 0.3) is 10.2 Å². The minimum Gasteiger partial charge on any atom is -0.241 e. The molecule has 0 N–H and O–H groups in total. The fraction of sp³-hybridized carbons (Fsp3) is 0.462. The van der Waals surface area contributed by atoms with Gasteiger partial charge in [0, 0.05) is 23.7 Å². The van der Waals surface area contributed by atoms with Gasteiger partial charge in [-0.2, -0.15) is 11.8 Å². The van der Waals surface area contributed by atoms with Crippen LogP contribution in [0.3, 0.4) is 0 Å². The summed E-state index contributed by atoms with van der Waals surface area (Å²) in [4.78, 5) is 4.60. The first-order valence-corrected chi connectivity index (χ1v) is 10.0. The standard InChI is InChI=1S/C13H17NO2S3/c1-10(17-7-8-19(2,15)16)9-13-14-11-5-3-4-6-12(11)18-13/h3-6,10H,7-9H2,1-2H3/t10-/m1/s1. The van der Waals surface area contributed by atoms with Crippen LogP contribution >= 0.6 is 23.1 Å². The van der Waals surface area contributed by atoms with E-state index in [1.807, 2.05) is 18.2 Å². The molecule has 0 amide bonds. The second-order valence-corrected chi connectivity index (χ2v) is 9.51. The molecule has 0 unspecified atom stereocenters. The van der Waals surface area contributed by atoms with Gasteiger partial charge in [0.1, 0.15) is 9.84 Å². The number of rotatable bonds is 6. The molecule has 0 radical (unpaired) electrons. The van der Waals surface area contributed by atoms with Gasteiger partial charge in [0.2, 0.25) is 0 Å². The molecule has 19 heavy (non-hydrogen) atoms. The maximum Gasteiger partial charge on any atom is 0.148 e. The van der Waals surface area contributed by atoms with Gasteiger partial charge in [0.25, 0.3) is 0 Å². The van der Waals surface area contributed by atoms with Crippen LogP contribution in [0, 0.1) is 0 Å². The van der Waals surface area contributed by atoms with E-state index in [4.69, 9.17) is 0 Å². The maximum atomic E-state index is 11.1. The number of benzene rings is 1. The lowest BCUT2D eigenvalue weighted by Crippen LogP contribution is -2.09. The molecular weight excluding hydrogens is 298 g/mol. The molecule has 2 aromatic rings. The van der Waals surface area contributed by atoms with Crippen LogP contribution in [0.2, 0.25) is 0 Å². The zero-order valence-electron chi connectivity index (χ0n) is 11.0. The smallest absolute Gasteiger partial charge is 0.148 e. The topological polar surface area (TPSA) is 47.0 Å². The van der Waals surface area contributed by atoms with Crippen molar-refractivity contribution >= 4 is 43.2 Å². The van der Waals surface area contributed by atoms with Crippen LogP contribution in [0.4, 0.5) is 0 Å². The third-order valence-electron chi connectivity index (χ3n) is 2.66. The number of fused-ring (bicyclic) bond motifs is 1. The van der Waals surface area contributed by atoms with E-state index in [1.54, 1.807) is 23.1 Å². The quantitative estimate of drug-likeness (QED) is 0.822. The normalized spacial score (nSPS) is 13.8. The largest absolute Gasteiger partial charge is 0.241 e. The Morgan fingerprint density at radius 1 is 1.37 bits per heavy atom. The first-order chi connectivity index (χ1) is 8.94. The van der Waals surface area contributed by atoms with Crippen molar-refractivity contribution in [3.63, 3.8) is 0 Å². The first-order valence-electron chi connectivity index (χ1n) is 6.08. The molecule has 0 bridgehead atoms. The van der Waals surface area contributed by atoms with Gasteiger partial charge in [-0.15, -0.1) is 11.3 Å². The number of sulfone groups is 1. The third-order valence-corrected chi connectivity index (χ3v) is 6.10. The van der Waals surface area contributed by atoms with Crippen molar-refractivity contribution in [3.8, 4) is 0 Å². The zero-order valence-corrected chi connectivity index (χ0v) is 13.4. The summed E-state index contributed by atoms with van der Waals surface area (Å²) in [5.74, 6) is 0.909. The molecule has 0 aliphatic heterocycles. The molecule has 0 aliphatic rings. The molecule has 0 fully saturated rings. The summed E-state index contributed by atoms with van der Waals surface area (Å²) in [5, 5.41) is 1.52. The highest BCUT2D eigenvalue weighted by Gasteiger charge is 2.10. The Balaban J connectivity index is 1.89. The van der Waals surface area contributed by atoms with Crippen LogP contribution in [-0.4, -0.2) is 36.4 Å². The maximum absolute atomic E-state index is 11.1. The first kappa shape index (κ1) is 14.8. The van der Waals surface area contributed by atoms with Crippen LogP contribution in [0.1, 0.15) is 11.9 Å². The van der Waals surface area contributed by atoms with Crippen molar-refractivity contribution in [2.75, 3.05) is 17.8 Å². The monoisotopic (exact) mass is 315 g/mol. The van der Waals surface area contributed by atoms with Gasteiger partial charge in [-0.1, -0.05) is 19.1 Å². The SMILES string of the molecule is C[C@H](Cc1nc2ccccc2s1)SCCS(C)(=O)=O. The van der Waals surface area contributed by atoms with E-state index in [-0.39, 0.29) is 5.75 Å². The van der Waals surface area contributed by atoms with E-state index in [0.717, 1.165) is 16.9 Å². The van der Waals surface area contributed by atoms with Crippen LogP contribution < -0.4 is 0 Å². The van der Waals surface area contributed by atoms with Gasteiger partial charge in [-0.3, -0.25) is 0 Å². The number of nitrogens with zero attached hydrogens (tertiary/aromatic N) is 1. The predicted octanol–water partition coefficient (Wildman–Crippen LogP) is 3.01. The summed E-state index contributed by atoms with van der Waals surface area (Å²) in [6.07, 6.45) is 2.18. The van der Waals surface area contributed by atoms with E-state index in [9.17, 15) is 8.42 Å². The molecule has 3 nitrogen and oxygen atoms in total. The van der Waals surface area contributed by atoms with Crippen molar-refractivity contribution in [2.45, 2.75) is 18.6 Å². The lowest BCUT2D eigenvalue weighted by atomic mass is 10.3. The molecular formula is C13H17NO2S3. The number of hydrogen-bond donors (Lipinski definition) is 0. The minimum atomic E-state index is -2.85. The lowest BCUT2D eigenvalue weighted by Gasteiger charge is -2.08. The molecule has 0 saturated heterocycles. The lowest BCUT2D eigenvalue weighted by molar-refractivity contribution is 0.603. The van der Waals surface area contributed by atoms with E-state index < -0.39 is 9.84 Å². The van der Waals surface area contributed by atoms with Crippen molar-refractivity contribution < 1.29 is 8.42 Å². The van der Waals surface area contributed by atoms with Crippen molar-refractivity contribution in [3.05, 3.63) is 29.3 Å². The summed E-state index contributed by atoms with van der Waals surface area (Å²) in [6, 6.07) is 8.12. The van der Waals surface area contributed by atoms with E-state index in [2.05, 4.69) is 18.0 Å². The summed E-state index contributed by atoms with van der Waals surface area (Å²) >= 11 is 3.42. The second-order valence-electron chi connectivity index (χ2n) is 4.59. The molecule has 104 valence electrons. The molecule has 6 heteroatoms. The summed E-state index contributed by atoms with van der Waals surface area (Å²) in [6.45, 7) is 2.12. The molecule has 0 saturated carbocycles. The highest BCUT2D eigenvalue weighted by molar-refractivity contribution is 8.01. The van der Waals surface area contributed by atoms with Crippen molar-refractivity contribution in [2.24, 2.45) is 0 Å². The highest BCUT2D eigenvalue weighted by atomic mass is 32.2. The van der Waals surface area contributed by atoms with Crippen molar-refractivity contribution in [1.29, 1.82) is 0 Å². The number of aromatic nitrogens is 1. The third kappa shape index (κ3) is 4.78. The Kier molecular flexibility index (Phi) is 4.86. The van der Waals surface area contributed by atoms with Gasteiger partial charge in [0.15, 0.2) is 0 Å². The van der Waals surface area contributed by atoms with Gasteiger partial charge in [-0.05, 0) is 12.1 Å². The molecule has 2 rings (SSSR count). The zero-order chi connectivity index (χ0) is 13.9. The Labute approximate surface area is 122 Å². The van der Waals surface area contributed by atoms with Crippen LogP contribution in [0.5, 0.6) is 0 Å². The molecule has 1 aromatic carbocycles. The van der Waals surface area contributed by atoms with Gasteiger partial charge in [-0.25, -0.2) is 13.4 Å². The summed E-state index contributed by atoms with van der Waals surface area (Å²) < 4.78 is 23.3. The van der Waals surface area contributed by atoms with Crippen LogP contribution in [0.15, 0.2) is 24.3 Å². The van der Waals surface area contributed by atoms with E-state index >= 15 is 0 Å². The molecule has 0 spiro atoms. The van der Waals surface area contributed by atoms with Gasteiger partial charge >= 0.3 is 0 Å². The number of thioether (sulfide) groups is 1. The Morgan fingerprint density at radius 2 is 2.11 bits per heavy atom. The Hall–Kier alpha value is -0.590. The van der Waals surface area contributed by atoms with E-state index in [0.29, 0.717) is 11.0 Å². The summed E-state index contributed by atoms with van der Waals surface area (Å²) in [7, 11) is -2.85. The van der Waals surface area contributed by atoms with Gasteiger partial charge < -0.3 is 0 Å². The molecule has 1 atom stereocenters. The Bertz CT molecular complexity index is 616. The minimum absolute atomic E-state index is 0.252. The number of para-hydroxylation sites is 1. The number of hydrogen-bond acceptors (Lipinski definition) is 5. The highest BCUT2D eigenvalue weighted by Crippen LogP contribution is 2.25.